The highest BCUT2D eigenvalue weighted by Crippen LogP contribution is 2.31. The van der Waals surface area contributed by atoms with E-state index in [1.807, 2.05) is 6.07 Å². The molecule has 0 spiro atoms. The maximum atomic E-state index is 12.5. The average molecular weight is 295 g/mol. The Kier molecular flexibility index (Phi) is 3.52. The summed E-state index contributed by atoms with van der Waals surface area (Å²) < 4.78 is 0. The Labute approximate surface area is 120 Å². The number of hydrogen-bond donors (Lipinski definition) is 2. The molecule has 6 heteroatoms. The molecule has 108 valence electrons. The van der Waals surface area contributed by atoms with Gasteiger partial charge in [0.05, 0.1) is 11.0 Å². The van der Waals surface area contributed by atoms with Crippen LogP contribution in [0.5, 0.6) is 0 Å². The van der Waals surface area contributed by atoms with E-state index in [-0.39, 0.29) is 18.9 Å². The van der Waals surface area contributed by atoms with Crippen molar-refractivity contribution in [2.24, 2.45) is 0 Å². The minimum Gasteiger partial charge on any atom is -0.480 e. The molecule has 1 aromatic rings. The summed E-state index contributed by atoms with van der Waals surface area (Å²) in [5.74, 6) is -1.30. The van der Waals surface area contributed by atoms with Crippen molar-refractivity contribution >= 4 is 23.2 Å². The molecule has 1 fully saturated rings. The van der Waals surface area contributed by atoms with E-state index < -0.39 is 18.1 Å². The van der Waals surface area contributed by atoms with Gasteiger partial charge in [-0.05, 0) is 37.3 Å². The Morgan fingerprint density at radius 2 is 2.05 bits per heavy atom. The highest BCUT2D eigenvalue weighted by Gasteiger charge is 2.39. The zero-order chi connectivity index (χ0) is 14.3. The maximum absolute atomic E-state index is 12.5. The predicted molar refractivity (Wildman–Crippen MR) is 74.0 cm³/mol. The van der Waals surface area contributed by atoms with E-state index in [4.69, 9.17) is 5.11 Å². The number of nitrogens with zero attached hydrogens (tertiary/aromatic N) is 1. The lowest BCUT2D eigenvalue weighted by atomic mass is 9.99. The second-order valence-corrected chi connectivity index (χ2v) is 6.60. The number of rotatable bonds is 2. The first kappa shape index (κ1) is 13.6. The Balaban J connectivity index is 1.84. The zero-order valence-corrected chi connectivity index (χ0v) is 11.9. The van der Waals surface area contributed by atoms with Crippen molar-refractivity contribution in [3.63, 3.8) is 0 Å². The third-order valence-electron chi connectivity index (χ3n) is 4.03. The lowest BCUT2D eigenvalue weighted by molar-refractivity contribution is -0.141. The van der Waals surface area contributed by atoms with Crippen LogP contribution < -0.4 is 0 Å². The molecular formula is C14H17NO4S. The number of aliphatic hydroxyl groups is 1. The van der Waals surface area contributed by atoms with Crippen LogP contribution in [0.1, 0.15) is 39.4 Å². The molecule has 0 saturated carbocycles. The van der Waals surface area contributed by atoms with E-state index in [9.17, 15) is 14.7 Å². The topological polar surface area (TPSA) is 77.8 Å². The number of carboxylic acid groups (broad SMARTS) is 1. The highest BCUT2D eigenvalue weighted by atomic mass is 32.1. The number of fused-ring (bicyclic) bond motifs is 1. The largest absolute Gasteiger partial charge is 0.480 e. The van der Waals surface area contributed by atoms with Crippen molar-refractivity contribution in [3.8, 4) is 0 Å². The van der Waals surface area contributed by atoms with Crippen LogP contribution in [0.4, 0.5) is 0 Å². The standard InChI is InChI=1S/C14H17NO4S/c16-9-6-10(14(18)19)15(7-9)13(17)12-5-8-3-1-2-4-11(8)20-12/h5,9-10,16H,1-4,6-7H2,(H,18,19). The Morgan fingerprint density at radius 1 is 1.30 bits per heavy atom. The summed E-state index contributed by atoms with van der Waals surface area (Å²) in [6, 6.07) is 1.00. The first-order valence-electron chi connectivity index (χ1n) is 6.89. The number of aliphatic carboxylic acids is 1. The van der Waals surface area contributed by atoms with Gasteiger partial charge in [0, 0.05) is 17.8 Å². The van der Waals surface area contributed by atoms with E-state index in [0.717, 1.165) is 25.7 Å². The fourth-order valence-electron chi connectivity index (χ4n) is 3.01. The van der Waals surface area contributed by atoms with Crippen molar-refractivity contribution in [1.82, 2.24) is 4.90 Å². The number of hydrogen-bond acceptors (Lipinski definition) is 4. The molecule has 20 heavy (non-hydrogen) atoms. The van der Waals surface area contributed by atoms with Crippen LogP contribution in [0, 0.1) is 0 Å². The van der Waals surface area contributed by atoms with Crippen LogP contribution in [0.3, 0.4) is 0 Å². The Bertz CT molecular complexity index is 530. The molecule has 3 rings (SSSR count). The maximum Gasteiger partial charge on any atom is 0.326 e. The number of carbonyl (C=O) groups is 2. The van der Waals surface area contributed by atoms with E-state index in [0.29, 0.717) is 4.88 Å². The lowest BCUT2D eigenvalue weighted by Gasteiger charge is -2.20. The van der Waals surface area contributed by atoms with Gasteiger partial charge >= 0.3 is 5.97 Å². The Morgan fingerprint density at radius 3 is 2.75 bits per heavy atom. The van der Waals surface area contributed by atoms with Crippen LogP contribution in [0.25, 0.3) is 0 Å². The fraction of sp³-hybridized carbons (Fsp3) is 0.571. The number of likely N-dealkylation sites (tertiary alicyclic amines) is 1. The molecule has 1 aliphatic carbocycles. The summed E-state index contributed by atoms with van der Waals surface area (Å²) >= 11 is 1.48. The molecule has 1 aromatic heterocycles. The van der Waals surface area contributed by atoms with Crippen LogP contribution in [0.2, 0.25) is 0 Å². The van der Waals surface area contributed by atoms with Gasteiger partial charge in [-0.25, -0.2) is 4.79 Å². The highest BCUT2D eigenvalue weighted by molar-refractivity contribution is 7.14. The minimum absolute atomic E-state index is 0.109. The molecule has 2 heterocycles. The number of aryl methyl sites for hydroxylation is 2. The molecule has 2 unspecified atom stereocenters. The molecule has 1 aliphatic heterocycles. The van der Waals surface area contributed by atoms with Gasteiger partial charge in [-0.15, -0.1) is 11.3 Å². The van der Waals surface area contributed by atoms with Gasteiger partial charge in [0.2, 0.25) is 0 Å². The molecule has 0 bridgehead atoms. The van der Waals surface area contributed by atoms with E-state index in [2.05, 4.69) is 0 Å². The fourth-order valence-corrected chi connectivity index (χ4v) is 4.22. The quantitative estimate of drug-likeness (QED) is 0.862. The monoisotopic (exact) mass is 295 g/mol. The molecule has 0 aromatic carbocycles. The number of β-amino-alcohol motifs (C(OH)–C–C–N with tert-alkyl or cyclic N) is 1. The van der Waals surface area contributed by atoms with Gasteiger partial charge in [-0.3, -0.25) is 4.79 Å². The van der Waals surface area contributed by atoms with Crippen LogP contribution in [-0.4, -0.2) is 45.7 Å². The molecule has 2 atom stereocenters. The smallest absolute Gasteiger partial charge is 0.326 e. The van der Waals surface area contributed by atoms with Gasteiger partial charge in [0.15, 0.2) is 0 Å². The van der Waals surface area contributed by atoms with Crippen molar-refractivity contribution in [3.05, 3.63) is 21.4 Å². The normalized spacial score (nSPS) is 25.6. The summed E-state index contributed by atoms with van der Waals surface area (Å²) in [5, 5.41) is 18.8. The van der Waals surface area contributed by atoms with E-state index in [1.165, 1.54) is 26.7 Å². The molecule has 2 N–H and O–H groups in total. The van der Waals surface area contributed by atoms with Gasteiger partial charge in [-0.1, -0.05) is 0 Å². The van der Waals surface area contributed by atoms with Gasteiger partial charge in [0.1, 0.15) is 6.04 Å². The Hall–Kier alpha value is -1.40. The number of thiophene rings is 1. The van der Waals surface area contributed by atoms with Crippen LogP contribution in [0.15, 0.2) is 6.07 Å². The first-order chi connectivity index (χ1) is 9.56. The second kappa shape index (κ2) is 5.18. The van der Waals surface area contributed by atoms with Crippen molar-refractivity contribution in [2.75, 3.05) is 6.54 Å². The van der Waals surface area contributed by atoms with Gasteiger partial charge < -0.3 is 15.1 Å². The van der Waals surface area contributed by atoms with Gasteiger partial charge in [-0.2, -0.15) is 0 Å². The summed E-state index contributed by atoms with van der Waals surface area (Å²) in [5.41, 5.74) is 1.23. The van der Waals surface area contributed by atoms with Crippen LogP contribution >= 0.6 is 11.3 Å². The predicted octanol–water partition coefficient (Wildman–Crippen LogP) is 1.29. The SMILES string of the molecule is O=C(O)C1CC(O)CN1C(=O)c1cc2c(s1)CCCC2. The molecule has 0 radical (unpaired) electrons. The van der Waals surface area contributed by atoms with E-state index in [1.54, 1.807) is 0 Å². The number of carbonyl (C=O) groups excluding carboxylic acids is 1. The van der Waals surface area contributed by atoms with E-state index >= 15 is 0 Å². The summed E-state index contributed by atoms with van der Waals surface area (Å²) in [4.78, 5) is 26.8. The average Bonchev–Trinajstić information content (AvgIpc) is 3.01. The summed E-state index contributed by atoms with van der Waals surface area (Å²) in [7, 11) is 0. The lowest BCUT2D eigenvalue weighted by Crippen LogP contribution is -2.40. The molecule has 1 amide bonds. The molecule has 5 nitrogen and oxygen atoms in total. The van der Waals surface area contributed by atoms with Crippen molar-refractivity contribution in [2.45, 2.75) is 44.2 Å². The van der Waals surface area contributed by atoms with Gasteiger partial charge in [0.25, 0.3) is 5.91 Å². The molecule has 1 saturated heterocycles. The zero-order valence-electron chi connectivity index (χ0n) is 11.0. The number of carboxylic acids is 1. The van der Waals surface area contributed by atoms with Crippen molar-refractivity contribution < 1.29 is 19.8 Å². The second-order valence-electron chi connectivity index (χ2n) is 5.47. The molecule has 2 aliphatic rings. The van der Waals surface area contributed by atoms with Crippen molar-refractivity contribution in [1.29, 1.82) is 0 Å². The third kappa shape index (κ3) is 2.33. The minimum atomic E-state index is -1.05. The number of aliphatic hydroxyl groups excluding tert-OH is 1. The van der Waals surface area contributed by atoms with Crippen LogP contribution in [-0.2, 0) is 17.6 Å². The summed E-state index contributed by atoms with van der Waals surface area (Å²) in [6.45, 7) is 0.109. The summed E-state index contributed by atoms with van der Waals surface area (Å²) in [6.07, 6.45) is 3.70. The third-order valence-corrected chi connectivity index (χ3v) is 5.26. The molecular weight excluding hydrogens is 278 g/mol. The first-order valence-corrected chi connectivity index (χ1v) is 7.71. The number of amides is 1.